The average Bonchev–Trinajstić information content (AvgIpc) is 2.52. The molecule has 0 spiro atoms. The summed E-state index contributed by atoms with van der Waals surface area (Å²) in [6.07, 6.45) is 4.50. The Morgan fingerprint density at radius 3 is 2.50 bits per heavy atom. The van der Waals surface area contributed by atoms with Gasteiger partial charge in [0.25, 0.3) is 0 Å². The molecule has 0 aliphatic carbocycles. The van der Waals surface area contributed by atoms with Gasteiger partial charge in [0.1, 0.15) is 0 Å². The Morgan fingerprint density at radius 1 is 1.15 bits per heavy atom. The van der Waals surface area contributed by atoms with E-state index in [2.05, 4.69) is 10.3 Å². The van der Waals surface area contributed by atoms with Crippen LogP contribution in [0.15, 0.2) is 54.9 Å². The van der Waals surface area contributed by atoms with Crippen LogP contribution in [0.3, 0.4) is 0 Å². The highest BCUT2D eigenvalue weighted by atomic mass is 16.3. The van der Waals surface area contributed by atoms with Crippen molar-refractivity contribution in [3.63, 3.8) is 0 Å². The lowest BCUT2D eigenvalue weighted by molar-refractivity contribution is -0.122. The number of carbonyl (C=O) groups is 1. The van der Waals surface area contributed by atoms with E-state index in [0.29, 0.717) is 12.8 Å². The minimum absolute atomic E-state index is 0.0651. The first-order valence-corrected chi connectivity index (χ1v) is 6.63. The molecule has 0 saturated heterocycles. The molecular formula is C16H18N2O2. The van der Waals surface area contributed by atoms with Gasteiger partial charge >= 0.3 is 0 Å². The average molecular weight is 270 g/mol. The Labute approximate surface area is 118 Å². The molecule has 1 amide bonds. The van der Waals surface area contributed by atoms with E-state index < -0.39 is 0 Å². The number of pyridine rings is 1. The van der Waals surface area contributed by atoms with E-state index in [9.17, 15) is 9.90 Å². The molecule has 0 bridgehead atoms. The van der Waals surface area contributed by atoms with Gasteiger partial charge in [-0.1, -0.05) is 30.3 Å². The van der Waals surface area contributed by atoms with Crippen molar-refractivity contribution in [3.8, 4) is 0 Å². The van der Waals surface area contributed by atoms with E-state index in [1.165, 1.54) is 0 Å². The predicted molar refractivity (Wildman–Crippen MR) is 77.0 cm³/mol. The van der Waals surface area contributed by atoms with Crippen molar-refractivity contribution in [2.24, 2.45) is 0 Å². The zero-order chi connectivity index (χ0) is 14.2. The minimum atomic E-state index is -0.346. The number of hydrogen-bond donors (Lipinski definition) is 2. The third-order valence-corrected chi connectivity index (χ3v) is 3.11. The maximum absolute atomic E-state index is 11.9. The molecule has 0 saturated carbocycles. The van der Waals surface area contributed by atoms with Crippen LogP contribution in [-0.4, -0.2) is 22.6 Å². The van der Waals surface area contributed by atoms with Gasteiger partial charge in [0, 0.05) is 18.8 Å². The van der Waals surface area contributed by atoms with Gasteiger partial charge in [0.2, 0.25) is 5.91 Å². The lowest BCUT2D eigenvalue weighted by Gasteiger charge is -2.16. The fraction of sp³-hybridized carbons (Fsp3) is 0.250. The number of aliphatic hydroxyl groups excluding tert-OH is 1. The largest absolute Gasteiger partial charge is 0.394 e. The molecule has 1 atom stereocenters. The van der Waals surface area contributed by atoms with Gasteiger partial charge in [-0.15, -0.1) is 0 Å². The minimum Gasteiger partial charge on any atom is -0.394 e. The second kappa shape index (κ2) is 7.40. The van der Waals surface area contributed by atoms with Crippen LogP contribution in [-0.2, 0) is 11.2 Å². The Balaban J connectivity index is 1.87. The monoisotopic (exact) mass is 270 g/mol. The second-order valence-corrected chi connectivity index (χ2v) is 4.57. The molecule has 0 aliphatic heterocycles. The highest BCUT2D eigenvalue weighted by Crippen LogP contribution is 2.12. The van der Waals surface area contributed by atoms with Crippen LogP contribution >= 0.6 is 0 Å². The van der Waals surface area contributed by atoms with E-state index in [1.807, 2.05) is 42.5 Å². The quantitative estimate of drug-likeness (QED) is 0.842. The first kappa shape index (κ1) is 14.2. The highest BCUT2D eigenvalue weighted by molar-refractivity contribution is 5.76. The third-order valence-electron chi connectivity index (χ3n) is 3.11. The van der Waals surface area contributed by atoms with Crippen LogP contribution in [0.1, 0.15) is 23.6 Å². The van der Waals surface area contributed by atoms with E-state index in [0.717, 1.165) is 11.1 Å². The molecule has 2 N–H and O–H groups in total. The maximum atomic E-state index is 11.9. The van der Waals surface area contributed by atoms with E-state index >= 15 is 0 Å². The van der Waals surface area contributed by atoms with E-state index in [4.69, 9.17) is 0 Å². The Morgan fingerprint density at radius 2 is 1.85 bits per heavy atom. The number of nitrogens with one attached hydrogen (secondary N) is 1. The summed E-state index contributed by atoms with van der Waals surface area (Å²) in [5.74, 6) is -0.0651. The summed E-state index contributed by atoms with van der Waals surface area (Å²) in [5.41, 5.74) is 1.99. The van der Waals surface area contributed by atoms with Crippen LogP contribution in [0.4, 0.5) is 0 Å². The molecule has 2 aromatic rings. The molecule has 1 heterocycles. The summed E-state index contributed by atoms with van der Waals surface area (Å²) in [7, 11) is 0. The summed E-state index contributed by atoms with van der Waals surface area (Å²) in [6.45, 7) is -0.106. The zero-order valence-electron chi connectivity index (χ0n) is 11.2. The fourth-order valence-corrected chi connectivity index (χ4v) is 1.99. The number of aromatic nitrogens is 1. The molecule has 0 fully saturated rings. The Bertz CT molecular complexity index is 529. The predicted octanol–water partition coefficient (Wildman–Crippen LogP) is 1.86. The van der Waals surface area contributed by atoms with Crippen molar-refractivity contribution in [2.75, 3.05) is 6.61 Å². The van der Waals surface area contributed by atoms with Crippen molar-refractivity contribution >= 4 is 5.91 Å². The van der Waals surface area contributed by atoms with Crippen molar-refractivity contribution in [3.05, 3.63) is 66.0 Å². The molecule has 4 nitrogen and oxygen atoms in total. The molecule has 20 heavy (non-hydrogen) atoms. The van der Waals surface area contributed by atoms with Gasteiger partial charge in [-0.2, -0.15) is 0 Å². The number of aliphatic hydroxyl groups is 1. The van der Waals surface area contributed by atoms with Crippen molar-refractivity contribution in [1.82, 2.24) is 10.3 Å². The van der Waals surface area contributed by atoms with Gasteiger partial charge < -0.3 is 10.4 Å². The first-order valence-electron chi connectivity index (χ1n) is 6.63. The normalized spacial score (nSPS) is 11.8. The van der Waals surface area contributed by atoms with Crippen LogP contribution in [0.5, 0.6) is 0 Å². The molecular weight excluding hydrogens is 252 g/mol. The molecule has 0 unspecified atom stereocenters. The zero-order valence-corrected chi connectivity index (χ0v) is 11.2. The molecule has 0 aliphatic rings. The van der Waals surface area contributed by atoms with E-state index in [1.54, 1.807) is 12.4 Å². The number of hydrogen-bond acceptors (Lipinski definition) is 3. The number of nitrogens with zero attached hydrogens (tertiary/aromatic N) is 1. The molecule has 4 heteroatoms. The molecule has 1 aromatic carbocycles. The fourth-order valence-electron chi connectivity index (χ4n) is 1.99. The number of aryl methyl sites for hydroxylation is 1. The third kappa shape index (κ3) is 4.17. The molecule has 104 valence electrons. The molecule has 2 rings (SSSR count). The molecule has 1 aromatic heterocycles. The van der Waals surface area contributed by atoms with Gasteiger partial charge in [-0.05, 0) is 29.7 Å². The summed E-state index contributed by atoms with van der Waals surface area (Å²) in [4.78, 5) is 15.9. The summed E-state index contributed by atoms with van der Waals surface area (Å²) < 4.78 is 0. The maximum Gasteiger partial charge on any atom is 0.220 e. The smallest absolute Gasteiger partial charge is 0.220 e. The summed E-state index contributed by atoms with van der Waals surface area (Å²) in [6, 6.07) is 12.9. The topological polar surface area (TPSA) is 62.2 Å². The van der Waals surface area contributed by atoms with Crippen molar-refractivity contribution in [1.29, 1.82) is 0 Å². The van der Waals surface area contributed by atoms with Gasteiger partial charge in [0.15, 0.2) is 0 Å². The van der Waals surface area contributed by atoms with Gasteiger partial charge in [-0.25, -0.2) is 0 Å². The van der Waals surface area contributed by atoms with Crippen LogP contribution < -0.4 is 5.32 Å². The molecule has 0 radical (unpaired) electrons. The number of carbonyl (C=O) groups excluding carboxylic acids is 1. The number of rotatable bonds is 6. The van der Waals surface area contributed by atoms with Crippen LogP contribution in [0.2, 0.25) is 0 Å². The second-order valence-electron chi connectivity index (χ2n) is 4.57. The number of benzene rings is 1. The first-order chi connectivity index (χ1) is 9.79. The van der Waals surface area contributed by atoms with Crippen LogP contribution in [0.25, 0.3) is 0 Å². The van der Waals surface area contributed by atoms with Gasteiger partial charge in [-0.3, -0.25) is 9.78 Å². The summed E-state index contributed by atoms with van der Waals surface area (Å²) >= 11 is 0. The lowest BCUT2D eigenvalue weighted by atomic mass is 10.1. The SMILES string of the molecule is O=C(CCc1ccncc1)N[C@H](CO)c1ccccc1. The Hall–Kier alpha value is -2.20. The highest BCUT2D eigenvalue weighted by Gasteiger charge is 2.12. The summed E-state index contributed by atoms with van der Waals surface area (Å²) in [5, 5.41) is 12.2. The standard InChI is InChI=1S/C16H18N2O2/c19-12-15(14-4-2-1-3-5-14)18-16(20)7-6-13-8-10-17-11-9-13/h1-5,8-11,15,19H,6-7,12H2,(H,18,20)/t15-/m1/s1. The Kier molecular flexibility index (Phi) is 5.26. The number of amides is 1. The lowest BCUT2D eigenvalue weighted by Crippen LogP contribution is -2.30. The van der Waals surface area contributed by atoms with Crippen LogP contribution in [0, 0.1) is 0 Å². The van der Waals surface area contributed by atoms with Crippen molar-refractivity contribution < 1.29 is 9.90 Å². The van der Waals surface area contributed by atoms with Crippen molar-refractivity contribution in [2.45, 2.75) is 18.9 Å². The van der Waals surface area contributed by atoms with E-state index in [-0.39, 0.29) is 18.6 Å². The van der Waals surface area contributed by atoms with Gasteiger partial charge in [0.05, 0.1) is 12.6 Å².